The zero-order valence-corrected chi connectivity index (χ0v) is 9.62. The smallest absolute Gasteiger partial charge is 0.307 e. The van der Waals surface area contributed by atoms with Crippen molar-refractivity contribution in [2.45, 2.75) is 13.0 Å². The van der Waals surface area contributed by atoms with Gasteiger partial charge in [0.25, 0.3) is 0 Å². The van der Waals surface area contributed by atoms with Gasteiger partial charge in [-0.2, -0.15) is 0 Å². The molecule has 1 rings (SSSR count). The predicted molar refractivity (Wildman–Crippen MR) is 59.5 cm³/mol. The Kier molecular flexibility index (Phi) is 4.03. The molecule has 16 heavy (non-hydrogen) atoms. The average molecular weight is 243 g/mol. The Morgan fingerprint density at radius 2 is 1.88 bits per heavy atom. The van der Waals surface area contributed by atoms with Gasteiger partial charge in [0.1, 0.15) is 0 Å². The summed E-state index contributed by atoms with van der Waals surface area (Å²) < 4.78 is 24.2. The van der Waals surface area contributed by atoms with Gasteiger partial charge in [0, 0.05) is 6.54 Å². The average Bonchev–Trinajstić information content (AvgIpc) is 2.14. The van der Waals surface area contributed by atoms with E-state index in [1.54, 1.807) is 24.3 Å². The summed E-state index contributed by atoms with van der Waals surface area (Å²) in [6, 6.07) is 6.84. The summed E-state index contributed by atoms with van der Waals surface area (Å²) in [7, 11) is -3.26. The van der Waals surface area contributed by atoms with Crippen molar-refractivity contribution in [2.24, 2.45) is 0 Å². The quantitative estimate of drug-likeness (QED) is 0.782. The molecule has 0 bridgehead atoms. The lowest BCUT2D eigenvalue weighted by Crippen LogP contribution is -2.22. The number of carboxylic acid groups (broad SMARTS) is 1. The highest BCUT2D eigenvalue weighted by atomic mass is 32.2. The first-order valence-electron chi connectivity index (χ1n) is 4.62. The maximum atomic E-state index is 10.9. The number of rotatable bonds is 5. The topological polar surface area (TPSA) is 83.5 Å². The second-order valence-corrected chi connectivity index (χ2v) is 5.27. The van der Waals surface area contributed by atoms with Gasteiger partial charge < -0.3 is 5.11 Å². The molecule has 0 saturated heterocycles. The molecular weight excluding hydrogens is 230 g/mol. The van der Waals surface area contributed by atoms with E-state index in [1.807, 2.05) is 0 Å². The van der Waals surface area contributed by atoms with E-state index in [-0.39, 0.29) is 13.0 Å². The zero-order valence-electron chi connectivity index (χ0n) is 8.80. The van der Waals surface area contributed by atoms with Gasteiger partial charge in [-0.1, -0.05) is 24.3 Å². The van der Waals surface area contributed by atoms with Crippen LogP contribution in [0.15, 0.2) is 24.3 Å². The minimum Gasteiger partial charge on any atom is -0.481 e. The lowest BCUT2D eigenvalue weighted by Gasteiger charge is -2.07. The van der Waals surface area contributed by atoms with Crippen LogP contribution in [0.1, 0.15) is 11.1 Å². The molecule has 0 heterocycles. The van der Waals surface area contributed by atoms with Gasteiger partial charge in [0.15, 0.2) is 0 Å². The summed E-state index contributed by atoms with van der Waals surface area (Å²) in [5.74, 6) is -0.938. The number of carboxylic acids is 1. The van der Waals surface area contributed by atoms with Gasteiger partial charge in [-0.05, 0) is 11.1 Å². The summed E-state index contributed by atoms with van der Waals surface area (Å²) in [5, 5.41) is 8.68. The Bertz CT molecular complexity index is 481. The molecule has 1 aromatic rings. The van der Waals surface area contributed by atoms with Crippen molar-refractivity contribution in [1.29, 1.82) is 0 Å². The highest BCUT2D eigenvalue weighted by Gasteiger charge is 2.07. The van der Waals surface area contributed by atoms with Crippen molar-refractivity contribution < 1.29 is 18.3 Å². The summed E-state index contributed by atoms with van der Waals surface area (Å²) in [6.07, 6.45) is 0.953. The maximum Gasteiger partial charge on any atom is 0.307 e. The van der Waals surface area contributed by atoms with Crippen LogP contribution in [0.5, 0.6) is 0 Å². The van der Waals surface area contributed by atoms with E-state index >= 15 is 0 Å². The van der Waals surface area contributed by atoms with Crippen LogP contribution in [-0.4, -0.2) is 25.7 Å². The van der Waals surface area contributed by atoms with Gasteiger partial charge in [-0.15, -0.1) is 0 Å². The third-order valence-electron chi connectivity index (χ3n) is 1.98. The molecule has 0 spiro atoms. The van der Waals surface area contributed by atoms with E-state index in [0.29, 0.717) is 11.1 Å². The van der Waals surface area contributed by atoms with E-state index in [4.69, 9.17) is 5.11 Å². The Morgan fingerprint density at radius 3 is 2.38 bits per heavy atom. The normalized spacial score (nSPS) is 11.3. The largest absolute Gasteiger partial charge is 0.481 e. The fourth-order valence-corrected chi connectivity index (χ4v) is 1.69. The van der Waals surface area contributed by atoms with Crippen LogP contribution < -0.4 is 4.72 Å². The van der Waals surface area contributed by atoms with Gasteiger partial charge in [0.2, 0.25) is 10.0 Å². The molecule has 6 heteroatoms. The van der Waals surface area contributed by atoms with E-state index in [0.717, 1.165) is 6.26 Å². The lowest BCUT2D eigenvalue weighted by molar-refractivity contribution is -0.136. The summed E-state index contributed by atoms with van der Waals surface area (Å²) >= 11 is 0. The van der Waals surface area contributed by atoms with Gasteiger partial charge in [0.05, 0.1) is 12.7 Å². The number of nitrogens with one attached hydrogen (secondary N) is 1. The fourth-order valence-electron chi connectivity index (χ4n) is 1.27. The molecule has 0 aliphatic rings. The molecule has 0 unspecified atom stereocenters. The summed E-state index contributed by atoms with van der Waals surface area (Å²) in [5.41, 5.74) is 1.29. The number of benzene rings is 1. The first-order valence-corrected chi connectivity index (χ1v) is 6.51. The molecule has 0 aromatic heterocycles. The fraction of sp³-hybridized carbons (Fsp3) is 0.300. The second-order valence-electron chi connectivity index (χ2n) is 3.43. The summed E-state index contributed by atoms with van der Waals surface area (Å²) in [4.78, 5) is 10.6. The molecule has 0 fully saturated rings. The highest BCUT2D eigenvalue weighted by Crippen LogP contribution is 2.09. The lowest BCUT2D eigenvalue weighted by atomic mass is 10.1. The van der Waals surface area contributed by atoms with Gasteiger partial charge in [-0.25, -0.2) is 13.1 Å². The Morgan fingerprint density at radius 1 is 1.31 bits per heavy atom. The molecule has 0 amide bonds. The third-order valence-corrected chi connectivity index (χ3v) is 2.65. The Labute approximate surface area is 94.2 Å². The number of aliphatic carboxylic acids is 1. The maximum absolute atomic E-state index is 10.9. The van der Waals surface area contributed by atoms with Crippen molar-refractivity contribution in [2.75, 3.05) is 6.26 Å². The monoisotopic (exact) mass is 243 g/mol. The Balaban J connectivity index is 2.83. The van der Waals surface area contributed by atoms with Gasteiger partial charge >= 0.3 is 5.97 Å². The molecule has 5 nitrogen and oxygen atoms in total. The molecular formula is C10H13NO4S. The number of sulfonamides is 1. The van der Waals surface area contributed by atoms with Crippen LogP contribution in [-0.2, 0) is 27.8 Å². The van der Waals surface area contributed by atoms with Crippen LogP contribution in [0.3, 0.4) is 0 Å². The molecule has 88 valence electrons. The molecule has 0 aliphatic carbocycles. The minimum atomic E-state index is -3.26. The van der Waals surface area contributed by atoms with Crippen molar-refractivity contribution in [3.05, 3.63) is 35.4 Å². The van der Waals surface area contributed by atoms with Crippen LogP contribution in [0.25, 0.3) is 0 Å². The van der Waals surface area contributed by atoms with E-state index < -0.39 is 16.0 Å². The van der Waals surface area contributed by atoms with Crippen molar-refractivity contribution in [3.63, 3.8) is 0 Å². The van der Waals surface area contributed by atoms with Crippen LogP contribution in [0, 0.1) is 0 Å². The minimum absolute atomic E-state index is 0.110. The standard InChI is InChI=1S/C10H13NO4S/c1-16(14,15)11-7-9-5-3-2-4-8(9)6-10(12)13/h2-5,11H,6-7H2,1H3,(H,12,13). The van der Waals surface area contributed by atoms with Crippen molar-refractivity contribution in [3.8, 4) is 0 Å². The summed E-state index contributed by atoms with van der Waals surface area (Å²) in [6.45, 7) is 0.113. The van der Waals surface area contributed by atoms with E-state index in [2.05, 4.69) is 4.72 Å². The highest BCUT2D eigenvalue weighted by molar-refractivity contribution is 7.88. The number of hydrogen-bond acceptors (Lipinski definition) is 3. The molecule has 0 aliphatic heterocycles. The number of carbonyl (C=O) groups is 1. The molecule has 1 aromatic carbocycles. The molecule has 0 atom stereocenters. The first-order chi connectivity index (χ1) is 7.38. The van der Waals surface area contributed by atoms with Crippen LogP contribution in [0.2, 0.25) is 0 Å². The van der Waals surface area contributed by atoms with Crippen LogP contribution >= 0.6 is 0 Å². The number of hydrogen-bond donors (Lipinski definition) is 2. The second kappa shape index (κ2) is 5.09. The first kappa shape index (κ1) is 12.7. The Hall–Kier alpha value is -1.40. The van der Waals surface area contributed by atoms with Gasteiger partial charge in [-0.3, -0.25) is 4.79 Å². The molecule has 2 N–H and O–H groups in total. The molecule has 0 radical (unpaired) electrons. The third kappa shape index (κ3) is 4.41. The predicted octanol–water partition coefficient (Wildman–Crippen LogP) is 0.363. The molecule has 0 saturated carbocycles. The van der Waals surface area contributed by atoms with Crippen molar-refractivity contribution in [1.82, 2.24) is 4.72 Å². The van der Waals surface area contributed by atoms with E-state index in [9.17, 15) is 13.2 Å². The van der Waals surface area contributed by atoms with Crippen molar-refractivity contribution >= 4 is 16.0 Å². The van der Waals surface area contributed by atoms with E-state index in [1.165, 1.54) is 0 Å². The SMILES string of the molecule is CS(=O)(=O)NCc1ccccc1CC(=O)O. The van der Waals surface area contributed by atoms with Crippen LogP contribution in [0.4, 0.5) is 0 Å². The zero-order chi connectivity index (χ0) is 12.2.